The summed E-state index contributed by atoms with van der Waals surface area (Å²) in [6.07, 6.45) is 6.14. The smallest absolute Gasteiger partial charge is 0.0267 e. The third-order valence-electron chi connectivity index (χ3n) is 1.63. The third-order valence-corrected chi connectivity index (χ3v) is 3.17. The average molecular weight is 199 g/mol. The number of terminal acetylenes is 1. The van der Waals surface area contributed by atoms with Crippen molar-refractivity contribution in [3.8, 4) is 12.3 Å². The fraction of sp³-hybridized carbons (Fsp3) is 0.818. The Hall–Kier alpha value is -0.130. The molecule has 1 N–H and O–H groups in total. The van der Waals surface area contributed by atoms with Crippen molar-refractivity contribution in [1.82, 2.24) is 5.32 Å². The highest BCUT2D eigenvalue weighted by atomic mass is 32.2. The molecule has 1 atom stereocenters. The molecule has 0 saturated carbocycles. The van der Waals surface area contributed by atoms with Crippen LogP contribution in [-0.4, -0.2) is 24.1 Å². The van der Waals surface area contributed by atoms with Gasteiger partial charge in [-0.2, -0.15) is 11.8 Å². The molecule has 0 heterocycles. The second kappa shape index (κ2) is 8.47. The first-order valence-electron chi connectivity index (χ1n) is 4.95. The second-order valence-corrected chi connectivity index (χ2v) is 4.67. The van der Waals surface area contributed by atoms with Crippen LogP contribution in [0.5, 0.6) is 0 Å². The molecule has 1 unspecified atom stereocenters. The van der Waals surface area contributed by atoms with E-state index in [1.54, 1.807) is 0 Å². The standard InChI is InChI=1S/C11H21NS/c1-5-7-11(12-6-2)9-13-8-10(3)4/h1,10-12H,6-9H2,2-4H3. The first-order valence-corrected chi connectivity index (χ1v) is 6.10. The normalized spacial score (nSPS) is 12.8. The predicted molar refractivity (Wildman–Crippen MR) is 63.1 cm³/mol. The summed E-state index contributed by atoms with van der Waals surface area (Å²) in [4.78, 5) is 0. The van der Waals surface area contributed by atoms with E-state index in [-0.39, 0.29) is 0 Å². The lowest BCUT2D eigenvalue weighted by atomic mass is 10.2. The molecule has 0 aromatic carbocycles. The van der Waals surface area contributed by atoms with E-state index in [1.165, 1.54) is 5.75 Å². The van der Waals surface area contributed by atoms with Crippen LogP contribution in [0.1, 0.15) is 27.2 Å². The van der Waals surface area contributed by atoms with Crippen LogP contribution in [0.2, 0.25) is 0 Å². The topological polar surface area (TPSA) is 12.0 Å². The Labute approximate surface area is 87.1 Å². The van der Waals surface area contributed by atoms with Crippen LogP contribution in [0.3, 0.4) is 0 Å². The summed E-state index contributed by atoms with van der Waals surface area (Å²) in [5.41, 5.74) is 0. The van der Waals surface area contributed by atoms with Gasteiger partial charge >= 0.3 is 0 Å². The van der Waals surface area contributed by atoms with E-state index in [9.17, 15) is 0 Å². The van der Waals surface area contributed by atoms with Gasteiger partial charge in [-0.25, -0.2) is 0 Å². The Morgan fingerprint density at radius 3 is 2.54 bits per heavy atom. The first kappa shape index (κ1) is 12.9. The molecule has 0 spiro atoms. The molecule has 0 aromatic rings. The summed E-state index contributed by atoms with van der Waals surface area (Å²) >= 11 is 1.99. The lowest BCUT2D eigenvalue weighted by molar-refractivity contribution is 0.587. The van der Waals surface area contributed by atoms with Crippen LogP contribution in [-0.2, 0) is 0 Å². The van der Waals surface area contributed by atoms with Gasteiger partial charge in [-0.15, -0.1) is 12.3 Å². The van der Waals surface area contributed by atoms with Gasteiger partial charge in [-0.1, -0.05) is 20.8 Å². The van der Waals surface area contributed by atoms with Crippen molar-refractivity contribution in [2.24, 2.45) is 5.92 Å². The molecule has 0 aromatic heterocycles. The zero-order chi connectivity index (χ0) is 10.1. The number of rotatable bonds is 7. The van der Waals surface area contributed by atoms with E-state index < -0.39 is 0 Å². The monoisotopic (exact) mass is 199 g/mol. The van der Waals surface area contributed by atoms with E-state index in [0.29, 0.717) is 6.04 Å². The summed E-state index contributed by atoms with van der Waals surface area (Å²) in [5, 5.41) is 3.39. The molecule has 0 radical (unpaired) electrons. The van der Waals surface area contributed by atoms with Crippen molar-refractivity contribution in [2.75, 3.05) is 18.1 Å². The Morgan fingerprint density at radius 1 is 1.38 bits per heavy atom. The maximum Gasteiger partial charge on any atom is 0.0267 e. The van der Waals surface area contributed by atoms with Gasteiger partial charge in [0.2, 0.25) is 0 Å². The average Bonchev–Trinajstić information content (AvgIpc) is 2.04. The van der Waals surface area contributed by atoms with Gasteiger partial charge in [0.05, 0.1) is 0 Å². The van der Waals surface area contributed by atoms with Gasteiger partial charge < -0.3 is 5.32 Å². The number of hydrogen-bond acceptors (Lipinski definition) is 2. The maximum atomic E-state index is 5.29. The van der Waals surface area contributed by atoms with Gasteiger partial charge in [-0.3, -0.25) is 0 Å². The molecule has 0 fully saturated rings. The van der Waals surface area contributed by atoms with Gasteiger partial charge in [0, 0.05) is 18.2 Å². The van der Waals surface area contributed by atoms with Crippen LogP contribution in [0.4, 0.5) is 0 Å². The van der Waals surface area contributed by atoms with E-state index >= 15 is 0 Å². The summed E-state index contributed by atoms with van der Waals surface area (Å²) < 4.78 is 0. The Morgan fingerprint density at radius 2 is 2.08 bits per heavy atom. The summed E-state index contributed by atoms with van der Waals surface area (Å²) in [7, 11) is 0. The molecule has 1 nitrogen and oxygen atoms in total. The molecule has 0 rings (SSSR count). The summed E-state index contributed by atoms with van der Waals surface area (Å²) in [6, 6.07) is 0.499. The molecule has 0 aliphatic rings. The fourth-order valence-electron chi connectivity index (χ4n) is 1.07. The van der Waals surface area contributed by atoms with Crippen LogP contribution in [0.15, 0.2) is 0 Å². The molecular formula is C11H21NS. The minimum Gasteiger partial charge on any atom is -0.312 e. The molecule has 76 valence electrons. The van der Waals surface area contributed by atoms with Crippen molar-refractivity contribution in [3.63, 3.8) is 0 Å². The van der Waals surface area contributed by atoms with Gasteiger partial charge in [-0.05, 0) is 18.2 Å². The Kier molecular flexibility index (Phi) is 8.38. The molecule has 0 bridgehead atoms. The van der Waals surface area contributed by atoms with E-state index in [2.05, 4.69) is 32.0 Å². The van der Waals surface area contributed by atoms with Crippen molar-refractivity contribution < 1.29 is 0 Å². The fourth-order valence-corrected chi connectivity index (χ4v) is 2.19. The van der Waals surface area contributed by atoms with Gasteiger partial charge in [0.1, 0.15) is 0 Å². The SMILES string of the molecule is C#CCC(CSCC(C)C)NCC. The molecule has 0 aliphatic heterocycles. The molecular weight excluding hydrogens is 178 g/mol. The molecule has 13 heavy (non-hydrogen) atoms. The molecule has 0 aliphatic carbocycles. The zero-order valence-electron chi connectivity index (χ0n) is 8.97. The lowest BCUT2D eigenvalue weighted by Crippen LogP contribution is -2.30. The zero-order valence-corrected chi connectivity index (χ0v) is 9.79. The Balaban J connectivity index is 3.51. The lowest BCUT2D eigenvalue weighted by Gasteiger charge is -2.15. The second-order valence-electron chi connectivity index (χ2n) is 3.59. The highest BCUT2D eigenvalue weighted by Gasteiger charge is 2.05. The van der Waals surface area contributed by atoms with E-state index in [0.717, 1.165) is 24.6 Å². The van der Waals surface area contributed by atoms with Crippen LogP contribution < -0.4 is 5.32 Å². The summed E-state index contributed by atoms with van der Waals surface area (Å²) in [6.45, 7) is 7.62. The first-order chi connectivity index (χ1) is 6.20. The van der Waals surface area contributed by atoms with Crippen LogP contribution in [0, 0.1) is 18.3 Å². The van der Waals surface area contributed by atoms with Crippen molar-refractivity contribution in [3.05, 3.63) is 0 Å². The van der Waals surface area contributed by atoms with Crippen molar-refractivity contribution in [2.45, 2.75) is 33.2 Å². The van der Waals surface area contributed by atoms with Crippen molar-refractivity contribution >= 4 is 11.8 Å². The third kappa shape index (κ3) is 8.21. The van der Waals surface area contributed by atoms with E-state index in [4.69, 9.17) is 6.42 Å². The van der Waals surface area contributed by atoms with Gasteiger partial charge in [0.25, 0.3) is 0 Å². The van der Waals surface area contributed by atoms with Crippen LogP contribution in [0.25, 0.3) is 0 Å². The van der Waals surface area contributed by atoms with E-state index in [1.807, 2.05) is 11.8 Å². The molecule has 0 amide bonds. The molecule has 2 heteroatoms. The number of hydrogen-bond donors (Lipinski definition) is 1. The van der Waals surface area contributed by atoms with Crippen molar-refractivity contribution in [1.29, 1.82) is 0 Å². The summed E-state index contributed by atoms with van der Waals surface area (Å²) in [5.74, 6) is 5.85. The highest BCUT2D eigenvalue weighted by Crippen LogP contribution is 2.10. The maximum absolute atomic E-state index is 5.29. The Bertz CT molecular complexity index is 149. The minimum absolute atomic E-state index is 0.499. The van der Waals surface area contributed by atoms with Gasteiger partial charge in [0.15, 0.2) is 0 Å². The largest absolute Gasteiger partial charge is 0.312 e. The molecule has 0 saturated heterocycles. The van der Waals surface area contributed by atoms with Crippen LogP contribution >= 0.6 is 11.8 Å². The predicted octanol–water partition coefficient (Wildman–Crippen LogP) is 2.38. The quantitative estimate of drug-likeness (QED) is 0.632. The number of nitrogens with one attached hydrogen (secondary N) is 1. The highest BCUT2D eigenvalue weighted by molar-refractivity contribution is 7.99. The number of thioether (sulfide) groups is 1. The minimum atomic E-state index is 0.499.